The van der Waals surface area contributed by atoms with Crippen LogP contribution < -0.4 is 0 Å². The highest BCUT2D eigenvalue weighted by atomic mass is 32.3. The molecule has 0 aliphatic carbocycles. The fourth-order valence-electron chi connectivity index (χ4n) is 1.86. The van der Waals surface area contributed by atoms with E-state index in [4.69, 9.17) is 0 Å². The van der Waals surface area contributed by atoms with Crippen molar-refractivity contribution < 1.29 is 17.1 Å². The Morgan fingerprint density at radius 2 is 2.25 bits per heavy atom. The minimum absolute atomic E-state index is 0.0604. The van der Waals surface area contributed by atoms with E-state index in [1.54, 1.807) is 16.7 Å². The molecular formula is C9H16FNO3S2. The van der Waals surface area contributed by atoms with Gasteiger partial charge in [0.25, 0.3) is 0 Å². The topological polar surface area (TPSA) is 54.5 Å². The highest BCUT2D eigenvalue weighted by Gasteiger charge is 2.32. The normalized spacial score (nSPS) is 21.8. The Morgan fingerprint density at radius 1 is 1.56 bits per heavy atom. The van der Waals surface area contributed by atoms with Crippen LogP contribution in [0.5, 0.6) is 0 Å². The van der Waals surface area contributed by atoms with Crippen molar-refractivity contribution in [3.63, 3.8) is 0 Å². The smallest absolute Gasteiger partial charge is 0.302 e. The highest BCUT2D eigenvalue weighted by Crippen LogP contribution is 2.20. The minimum atomic E-state index is -4.46. The van der Waals surface area contributed by atoms with Crippen LogP contribution in [0.3, 0.4) is 0 Å². The summed E-state index contributed by atoms with van der Waals surface area (Å²) in [5, 5.41) is 0. The SMILES string of the molecule is CSCCCN1CC(CS(=O)(=O)F)CC1=O. The first-order valence-corrected chi connectivity index (χ1v) is 8.06. The maximum absolute atomic E-state index is 12.4. The van der Waals surface area contributed by atoms with Crippen LogP contribution in [0.25, 0.3) is 0 Å². The minimum Gasteiger partial charge on any atom is -0.342 e. The summed E-state index contributed by atoms with van der Waals surface area (Å²) in [5.41, 5.74) is 0. The van der Waals surface area contributed by atoms with Crippen LogP contribution in [0.2, 0.25) is 0 Å². The third-order valence-corrected chi connectivity index (χ3v) is 4.07. The third kappa shape index (κ3) is 4.69. The Balaban J connectivity index is 2.38. The molecule has 1 aliphatic heterocycles. The Kier molecular flexibility index (Phi) is 5.04. The van der Waals surface area contributed by atoms with Gasteiger partial charge in [0.2, 0.25) is 5.91 Å². The fraction of sp³-hybridized carbons (Fsp3) is 0.889. The number of carbonyl (C=O) groups is 1. The Bertz CT molecular complexity index is 345. The second-order valence-electron chi connectivity index (χ2n) is 3.96. The van der Waals surface area contributed by atoms with E-state index in [9.17, 15) is 17.1 Å². The highest BCUT2D eigenvalue weighted by molar-refractivity contribution is 7.98. The molecule has 0 radical (unpaired) electrons. The summed E-state index contributed by atoms with van der Waals surface area (Å²) in [6, 6.07) is 0. The van der Waals surface area contributed by atoms with Gasteiger partial charge in [-0.25, -0.2) is 0 Å². The molecule has 0 saturated carbocycles. The number of nitrogens with zero attached hydrogens (tertiary/aromatic N) is 1. The first-order valence-electron chi connectivity index (χ1n) is 5.11. The molecule has 4 nitrogen and oxygen atoms in total. The first-order chi connectivity index (χ1) is 7.42. The van der Waals surface area contributed by atoms with Crippen LogP contribution in [0.4, 0.5) is 3.89 Å². The van der Waals surface area contributed by atoms with Gasteiger partial charge in [-0.1, -0.05) is 0 Å². The van der Waals surface area contributed by atoms with Gasteiger partial charge in [-0.15, -0.1) is 3.89 Å². The number of amides is 1. The number of halogens is 1. The molecule has 0 aromatic rings. The predicted octanol–water partition coefficient (Wildman–Crippen LogP) is 0.887. The second kappa shape index (κ2) is 5.86. The number of hydrogen-bond acceptors (Lipinski definition) is 4. The largest absolute Gasteiger partial charge is 0.342 e. The number of rotatable bonds is 6. The fourth-order valence-corrected chi connectivity index (χ4v) is 3.07. The Morgan fingerprint density at radius 3 is 2.81 bits per heavy atom. The van der Waals surface area contributed by atoms with Crippen LogP contribution in [0, 0.1) is 5.92 Å². The summed E-state index contributed by atoms with van der Waals surface area (Å²) < 4.78 is 33.4. The summed E-state index contributed by atoms with van der Waals surface area (Å²) in [4.78, 5) is 13.1. The molecule has 1 aliphatic rings. The van der Waals surface area contributed by atoms with E-state index in [1.807, 2.05) is 6.26 Å². The Hall–Kier alpha value is -0.300. The molecule has 7 heteroatoms. The molecule has 1 atom stereocenters. The summed E-state index contributed by atoms with van der Waals surface area (Å²) in [6.07, 6.45) is 3.04. The first kappa shape index (κ1) is 13.8. The van der Waals surface area contributed by atoms with Crippen molar-refractivity contribution in [2.24, 2.45) is 5.92 Å². The van der Waals surface area contributed by atoms with Crippen LogP contribution in [-0.4, -0.2) is 50.1 Å². The molecule has 1 saturated heterocycles. The lowest BCUT2D eigenvalue weighted by Crippen LogP contribution is -2.27. The molecule has 0 spiro atoms. The maximum atomic E-state index is 12.4. The van der Waals surface area contributed by atoms with Crippen LogP contribution in [-0.2, 0) is 15.0 Å². The number of carbonyl (C=O) groups excluding carboxylic acids is 1. The lowest BCUT2D eigenvalue weighted by atomic mass is 10.1. The molecule has 1 heterocycles. The third-order valence-electron chi connectivity index (χ3n) is 2.51. The van der Waals surface area contributed by atoms with E-state index in [0.29, 0.717) is 13.1 Å². The lowest BCUT2D eigenvalue weighted by Gasteiger charge is -2.15. The standard InChI is InChI=1S/C9H16FNO3S2/c1-15-4-2-3-11-6-8(5-9(11)12)7-16(10,13)14/h8H,2-7H2,1H3. The predicted molar refractivity (Wildman–Crippen MR) is 62.6 cm³/mol. The Labute approximate surface area is 99.8 Å². The van der Waals surface area contributed by atoms with Crippen molar-refractivity contribution >= 4 is 27.9 Å². The van der Waals surface area contributed by atoms with Gasteiger partial charge in [-0.3, -0.25) is 4.79 Å². The summed E-state index contributed by atoms with van der Waals surface area (Å²) >= 11 is 1.70. The van der Waals surface area contributed by atoms with E-state index in [-0.39, 0.29) is 18.2 Å². The molecule has 0 bridgehead atoms. The molecule has 94 valence electrons. The molecule has 1 unspecified atom stereocenters. The summed E-state index contributed by atoms with van der Waals surface area (Å²) in [7, 11) is -4.46. The lowest BCUT2D eigenvalue weighted by molar-refractivity contribution is -0.127. The van der Waals surface area contributed by atoms with E-state index in [2.05, 4.69) is 0 Å². The van der Waals surface area contributed by atoms with Crippen LogP contribution in [0.1, 0.15) is 12.8 Å². The average Bonchev–Trinajstić information content (AvgIpc) is 2.44. The van der Waals surface area contributed by atoms with Gasteiger partial charge in [-0.2, -0.15) is 20.2 Å². The zero-order valence-electron chi connectivity index (χ0n) is 9.19. The van der Waals surface area contributed by atoms with Crippen molar-refractivity contribution in [3.8, 4) is 0 Å². The monoisotopic (exact) mass is 269 g/mol. The molecule has 0 N–H and O–H groups in total. The average molecular weight is 269 g/mol. The van der Waals surface area contributed by atoms with Crippen LogP contribution >= 0.6 is 11.8 Å². The zero-order valence-corrected chi connectivity index (χ0v) is 10.8. The van der Waals surface area contributed by atoms with E-state index >= 15 is 0 Å². The van der Waals surface area contributed by atoms with Crippen molar-refractivity contribution in [3.05, 3.63) is 0 Å². The van der Waals surface area contributed by atoms with Gasteiger partial charge in [0.1, 0.15) is 0 Å². The molecule has 0 aromatic heterocycles. The van der Waals surface area contributed by atoms with Gasteiger partial charge in [0.15, 0.2) is 0 Å². The van der Waals surface area contributed by atoms with Crippen molar-refractivity contribution in [1.29, 1.82) is 0 Å². The molecule has 1 amide bonds. The molecular weight excluding hydrogens is 253 g/mol. The van der Waals surface area contributed by atoms with Gasteiger partial charge in [-0.05, 0) is 18.4 Å². The molecule has 16 heavy (non-hydrogen) atoms. The number of likely N-dealkylation sites (tertiary alicyclic amines) is 1. The van der Waals surface area contributed by atoms with Gasteiger partial charge >= 0.3 is 10.2 Å². The summed E-state index contributed by atoms with van der Waals surface area (Å²) in [5.74, 6) is -0.000276. The van der Waals surface area contributed by atoms with Gasteiger partial charge in [0, 0.05) is 25.4 Å². The maximum Gasteiger partial charge on any atom is 0.302 e. The van der Waals surface area contributed by atoms with Gasteiger partial charge in [0.05, 0.1) is 5.75 Å². The molecule has 0 aromatic carbocycles. The van der Waals surface area contributed by atoms with Crippen LogP contribution in [0.15, 0.2) is 0 Å². The van der Waals surface area contributed by atoms with Crippen molar-refractivity contribution in [1.82, 2.24) is 4.90 Å². The van der Waals surface area contributed by atoms with E-state index < -0.39 is 16.0 Å². The summed E-state index contributed by atoms with van der Waals surface area (Å²) in [6.45, 7) is 1.01. The molecule has 1 rings (SSSR count). The van der Waals surface area contributed by atoms with E-state index in [0.717, 1.165) is 12.2 Å². The van der Waals surface area contributed by atoms with Crippen molar-refractivity contribution in [2.45, 2.75) is 12.8 Å². The number of thioether (sulfide) groups is 1. The molecule has 1 fully saturated rings. The quantitative estimate of drug-likeness (QED) is 0.531. The zero-order chi connectivity index (χ0) is 12.2. The van der Waals surface area contributed by atoms with Crippen molar-refractivity contribution in [2.75, 3.05) is 30.9 Å². The number of hydrogen-bond donors (Lipinski definition) is 0. The van der Waals surface area contributed by atoms with E-state index in [1.165, 1.54) is 0 Å². The van der Waals surface area contributed by atoms with Gasteiger partial charge < -0.3 is 4.90 Å². The second-order valence-corrected chi connectivity index (χ2v) is 6.36.